The minimum atomic E-state index is -0.758. The molecule has 2 amide bonds. The van der Waals surface area contributed by atoms with Crippen molar-refractivity contribution >= 4 is 90.2 Å². The van der Waals surface area contributed by atoms with Gasteiger partial charge in [0.1, 0.15) is 23.1 Å². The number of anilines is 2. The monoisotopic (exact) mass is 826 g/mol. The summed E-state index contributed by atoms with van der Waals surface area (Å²) in [6.07, 6.45) is 1.10. The van der Waals surface area contributed by atoms with Crippen LogP contribution in [0.4, 0.5) is 16.2 Å². The van der Waals surface area contributed by atoms with Crippen molar-refractivity contribution in [1.82, 2.24) is 20.2 Å². The molecule has 4 aromatic carbocycles. The number of carbonyl (C=O) groups excluding carboxylic acids is 2. The van der Waals surface area contributed by atoms with Gasteiger partial charge in [0.25, 0.3) is 0 Å². The lowest BCUT2D eigenvalue weighted by atomic mass is 10.0. The van der Waals surface area contributed by atoms with Gasteiger partial charge in [-0.05, 0) is 119 Å². The molecule has 6 aromatic rings. The first kappa shape index (κ1) is 42.3. The van der Waals surface area contributed by atoms with Gasteiger partial charge in [0, 0.05) is 57.8 Å². The first-order chi connectivity index (χ1) is 27.7. The minimum absolute atomic E-state index is 0.145. The van der Waals surface area contributed by atoms with Crippen molar-refractivity contribution in [3.05, 3.63) is 82.8 Å². The van der Waals surface area contributed by atoms with Crippen molar-refractivity contribution < 1.29 is 23.8 Å². The zero-order chi connectivity index (χ0) is 41.6. The third-order valence-electron chi connectivity index (χ3n) is 9.71. The van der Waals surface area contributed by atoms with Gasteiger partial charge in [0.2, 0.25) is 5.91 Å². The summed E-state index contributed by atoms with van der Waals surface area (Å²) in [6, 6.07) is 22.2. The molecule has 6 rings (SSSR count). The van der Waals surface area contributed by atoms with Crippen LogP contribution in [0.1, 0.15) is 53.9 Å². The second-order valence-corrected chi connectivity index (χ2v) is 16.6. The Kier molecular flexibility index (Phi) is 13.5. The van der Waals surface area contributed by atoms with Crippen LogP contribution in [0.5, 0.6) is 11.5 Å². The summed E-state index contributed by atoms with van der Waals surface area (Å²) in [5.74, 6) is 1.44. The maximum atomic E-state index is 14.5. The standard InChI is InChI=1S/C45H52Cl2N6O5/c1-27(2)22-40(52-44(55)58-45(3,4)5)43(54)53(20-8-18-48-41-32-14-10-28(46)23-38(32)50-36-16-12-30(56-6)25-34(36)41)21-9-19-49-42-33-15-11-29(47)24-39(33)51-37-17-13-31(57-7)26-35(37)42/h10-17,23-27,40H,8-9,18-22H2,1-7H3,(H,48,50)(H,49,51)(H,52,55)/t40-/m0/s1. The molecule has 0 spiro atoms. The highest BCUT2D eigenvalue weighted by Gasteiger charge is 2.29. The van der Waals surface area contributed by atoms with E-state index in [1.807, 2.05) is 91.5 Å². The van der Waals surface area contributed by atoms with Gasteiger partial charge in [-0.25, -0.2) is 14.8 Å². The summed E-state index contributed by atoms with van der Waals surface area (Å²) >= 11 is 12.7. The lowest BCUT2D eigenvalue weighted by Gasteiger charge is -2.30. The number of pyridine rings is 2. The molecule has 0 aliphatic rings. The van der Waals surface area contributed by atoms with E-state index in [0.29, 0.717) is 55.5 Å². The third-order valence-corrected chi connectivity index (χ3v) is 10.2. The van der Waals surface area contributed by atoms with E-state index < -0.39 is 17.7 Å². The second kappa shape index (κ2) is 18.6. The van der Waals surface area contributed by atoms with Crippen molar-refractivity contribution in [2.75, 3.05) is 51.0 Å². The Balaban J connectivity index is 1.23. The number of amides is 2. The molecule has 58 heavy (non-hydrogen) atoms. The number of rotatable bonds is 16. The summed E-state index contributed by atoms with van der Waals surface area (Å²) in [6.45, 7) is 11.5. The molecular formula is C45H52Cl2N6O5. The lowest BCUT2D eigenvalue weighted by Crippen LogP contribution is -2.51. The number of benzene rings is 4. The predicted octanol–water partition coefficient (Wildman–Crippen LogP) is 10.5. The number of hydrogen-bond donors (Lipinski definition) is 3. The Labute approximate surface area is 349 Å². The molecule has 0 unspecified atom stereocenters. The summed E-state index contributed by atoms with van der Waals surface area (Å²) in [5, 5.41) is 15.1. The number of carbonyl (C=O) groups is 2. The molecular weight excluding hydrogens is 775 g/mol. The van der Waals surface area contributed by atoms with Crippen LogP contribution in [0.2, 0.25) is 10.0 Å². The molecule has 0 aliphatic heterocycles. The molecule has 2 heterocycles. The van der Waals surface area contributed by atoms with E-state index >= 15 is 0 Å². The molecule has 0 bridgehead atoms. The van der Waals surface area contributed by atoms with E-state index in [0.717, 1.165) is 66.5 Å². The van der Waals surface area contributed by atoms with E-state index in [1.54, 1.807) is 35.0 Å². The molecule has 0 saturated heterocycles. The number of halogens is 2. The number of nitrogens with zero attached hydrogens (tertiary/aromatic N) is 3. The van der Waals surface area contributed by atoms with Gasteiger partial charge < -0.3 is 35.1 Å². The number of methoxy groups -OCH3 is 2. The van der Waals surface area contributed by atoms with E-state index in [2.05, 4.69) is 16.0 Å². The van der Waals surface area contributed by atoms with E-state index in [-0.39, 0.29) is 11.8 Å². The van der Waals surface area contributed by atoms with E-state index in [4.69, 9.17) is 47.4 Å². The third kappa shape index (κ3) is 10.4. The largest absolute Gasteiger partial charge is 0.497 e. The number of nitrogens with one attached hydrogen (secondary N) is 3. The second-order valence-electron chi connectivity index (χ2n) is 15.8. The van der Waals surface area contributed by atoms with Gasteiger partial charge in [-0.15, -0.1) is 0 Å². The van der Waals surface area contributed by atoms with Crippen molar-refractivity contribution in [2.24, 2.45) is 5.92 Å². The SMILES string of the molecule is COc1ccc2nc3cc(Cl)ccc3c(NCCCN(CCCNc3c4ccc(Cl)cc4nc4ccc(OC)cc34)C(=O)[C@H](CC(C)C)NC(=O)OC(C)(C)C)c2c1. The van der Waals surface area contributed by atoms with Crippen molar-refractivity contribution in [2.45, 2.75) is 65.5 Å². The highest BCUT2D eigenvalue weighted by molar-refractivity contribution is 6.32. The molecule has 0 fully saturated rings. The van der Waals surface area contributed by atoms with Crippen LogP contribution < -0.4 is 25.4 Å². The first-order valence-corrected chi connectivity index (χ1v) is 20.4. The van der Waals surface area contributed by atoms with Crippen LogP contribution in [0.25, 0.3) is 43.6 Å². The average molecular weight is 828 g/mol. The molecule has 306 valence electrons. The first-order valence-electron chi connectivity index (χ1n) is 19.6. The van der Waals surface area contributed by atoms with Crippen LogP contribution in [-0.4, -0.2) is 78.9 Å². The fraction of sp³-hybridized carbons (Fsp3) is 0.378. The topological polar surface area (TPSA) is 127 Å². The summed E-state index contributed by atoms with van der Waals surface area (Å²) in [5.41, 5.74) is 4.29. The predicted molar refractivity (Wildman–Crippen MR) is 237 cm³/mol. The Bertz CT molecular complexity index is 2300. The maximum absolute atomic E-state index is 14.5. The highest BCUT2D eigenvalue weighted by atomic mass is 35.5. The van der Waals surface area contributed by atoms with Crippen molar-refractivity contribution in [3.8, 4) is 11.5 Å². The molecule has 3 N–H and O–H groups in total. The average Bonchev–Trinajstić information content (AvgIpc) is 3.17. The van der Waals surface area contributed by atoms with Crippen molar-refractivity contribution in [3.63, 3.8) is 0 Å². The van der Waals surface area contributed by atoms with Crippen LogP contribution in [-0.2, 0) is 9.53 Å². The summed E-state index contributed by atoms with van der Waals surface area (Å²) in [4.78, 5) is 39.0. The zero-order valence-corrected chi connectivity index (χ0v) is 35.7. The van der Waals surface area contributed by atoms with Crippen LogP contribution in [0.3, 0.4) is 0 Å². The van der Waals surface area contributed by atoms with Crippen molar-refractivity contribution in [1.29, 1.82) is 0 Å². The number of fused-ring (bicyclic) bond motifs is 4. The van der Waals surface area contributed by atoms with Gasteiger partial charge in [0.15, 0.2) is 0 Å². The van der Waals surface area contributed by atoms with Gasteiger partial charge in [-0.2, -0.15) is 0 Å². The van der Waals surface area contributed by atoms with Crippen LogP contribution in [0.15, 0.2) is 72.8 Å². The molecule has 0 radical (unpaired) electrons. The van der Waals surface area contributed by atoms with Crippen LogP contribution in [0, 0.1) is 5.92 Å². The maximum Gasteiger partial charge on any atom is 0.408 e. The lowest BCUT2D eigenvalue weighted by molar-refractivity contribution is -0.134. The van der Waals surface area contributed by atoms with Crippen LogP contribution >= 0.6 is 23.2 Å². The number of aromatic nitrogens is 2. The van der Waals surface area contributed by atoms with E-state index in [1.165, 1.54) is 0 Å². The molecule has 1 atom stereocenters. The van der Waals surface area contributed by atoms with Gasteiger partial charge >= 0.3 is 6.09 Å². The summed E-state index contributed by atoms with van der Waals surface area (Å²) in [7, 11) is 3.28. The van der Waals surface area contributed by atoms with E-state index in [9.17, 15) is 9.59 Å². The molecule has 13 heteroatoms. The van der Waals surface area contributed by atoms with Gasteiger partial charge in [0.05, 0.1) is 47.7 Å². The Hall–Kier alpha value is -5.26. The molecule has 2 aromatic heterocycles. The fourth-order valence-corrected chi connectivity index (χ4v) is 7.42. The number of hydrogen-bond acceptors (Lipinski definition) is 9. The fourth-order valence-electron chi connectivity index (χ4n) is 7.09. The minimum Gasteiger partial charge on any atom is -0.497 e. The Morgan fingerprint density at radius 1 is 0.690 bits per heavy atom. The quantitative estimate of drug-likeness (QED) is 0.0645. The number of alkyl carbamates (subject to hydrolysis) is 1. The highest BCUT2D eigenvalue weighted by Crippen LogP contribution is 2.36. The Morgan fingerprint density at radius 2 is 1.17 bits per heavy atom. The molecule has 0 aliphatic carbocycles. The molecule has 11 nitrogen and oxygen atoms in total. The number of ether oxygens (including phenoxy) is 3. The zero-order valence-electron chi connectivity index (χ0n) is 34.2. The normalized spacial score (nSPS) is 12.2. The summed E-state index contributed by atoms with van der Waals surface area (Å²) < 4.78 is 16.7. The molecule has 0 saturated carbocycles. The van der Waals surface area contributed by atoms with Gasteiger partial charge in [-0.3, -0.25) is 4.79 Å². The van der Waals surface area contributed by atoms with Gasteiger partial charge in [-0.1, -0.05) is 37.0 Å². The smallest absolute Gasteiger partial charge is 0.408 e. The Morgan fingerprint density at radius 3 is 1.60 bits per heavy atom.